The zero-order valence-electron chi connectivity index (χ0n) is 13.0. The Morgan fingerprint density at radius 3 is 1.70 bits per heavy atom. The van der Waals surface area contributed by atoms with E-state index in [1.165, 1.54) is 38.5 Å². The lowest BCUT2D eigenvalue weighted by atomic mass is 10.1. The number of unbranched alkanes of at least 4 members (excludes halogenated alkanes) is 9. The molecule has 1 N–H and O–H groups in total. The molecule has 4 nitrogen and oxygen atoms in total. The van der Waals surface area contributed by atoms with Crippen molar-refractivity contribution in [2.45, 2.75) is 77.6 Å². The molecule has 122 valence electrons. The lowest BCUT2D eigenvalue weighted by molar-refractivity contribution is 0.125. The third kappa shape index (κ3) is 17.9. The van der Waals surface area contributed by atoms with Gasteiger partial charge >= 0.3 is 0 Å². The van der Waals surface area contributed by atoms with Gasteiger partial charge in [0.25, 0.3) is 10.1 Å². The van der Waals surface area contributed by atoms with Crippen molar-refractivity contribution in [2.24, 2.45) is 0 Å². The summed E-state index contributed by atoms with van der Waals surface area (Å²) in [5.41, 5.74) is 0. The zero-order chi connectivity index (χ0) is 15.1. The van der Waals surface area contributed by atoms with E-state index in [1.807, 2.05) is 0 Å². The molecule has 0 unspecified atom stereocenters. The Labute approximate surface area is 125 Å². The Morgan fingerprint density at radius 1 is 0.750 bits per heavy atom. The van der Waals surface area contributed by atoms with Crippen molar-refractivity contribution < 1.29 is 17.7 Å². The predicted octanol–water partition coefficient (Wildman–Crippen LogP) is 4.20. The van der Waals surface area contributed by atoms with Gasteiger partial charge in [-0.05, 0) is 19.3 Å². The van der Waals surface area contributed by atoms with Gasteiger partial charge < -0.3 is 4.74 Å². The van der Waals surface area contributed by atoms with Crippen LogP contribution in [0.15, 0.2) is 0 Å². The summed E-state index contributed by atoms with van der Waals surface area (Å²) in [6, 6.07) is 0. The van der Waals surface area contributed by atoms with Crippen molar-refractivity contribution in [3.8, 4) is 0 Å². The first-order chi connectivity index (χ1) is 9.56. The maximum Gasteiger partial charge on any atom is 0.264 e. The van der Waals surface area contributed by atoms with E-state index in [0.717, 1.165) is 38.9 Å². The molecule has 0 radical (unpaired) electrons. The highest BCUT2D eigenvalue weighted by molar-refractivity contribution is 7.85. The third-order valence-electron chi connectivity index (χ3n) is 3.33. The number of ether oxygens (including phenoxy) is 1. The lowest BCUT2D eigenvalue weighted by Crippen LogP contribution is -2.03. The summed E-state index contributed by atoms with van der Waals surface area (Å²) < 4.78 is 35.1. The molecule has 0 aromatic heterocycles. The van der Waals surface area contributed by atoms with Gasteiger partial charge in [0.15, 0.2) is 0 Å². The average molecular weight is 308 g/mol. The smallest absolute Gasteiger partial charge is 0.264 e. The van der Waals surface area contributed by atoms with E-state index in [1.54, 1.807) is 0 Å². The molecule has 0 atom stereocenters. The van der Waals surface area contributed by atoms with Crippen molar-refractivity contribution in [3.63, 3.8) is 0 Å². The van der Waals surface area contributed by atoms with E-state index >= 15 is 0 Å². The van der Waals surface area contributed by atoms with Gasteiger partial charge in [0, 0.05) is 13.2 Å². The molecule has 0 fully saturated rings. The molecule has 0 aliphatic rings. The molecule has 0 aromatic rings. The molecule has 0 rings (SSSR count). The van der Waals surface area contributed by atoms with Gasteiger partial charge in [-0.1, -0.05) is 58.3 Å². The summed E-state index contributed by atoms with van der Waals surface area (Å²) in [5.74, 6) is -0.0983. The molecule has 20 heavy (non-hydrogen) atoms. The van der Waals surface area contributed by atoms with Gasteiger partial charge in [0.2, 0.25) is 0 Å². The van der Waals surface area contributed by atoms with E-state index < -0.39 is 10.1 Å². The van der Waals surface area contributed by atoms with Crippen molar-refractivity contribution in [1.29, 1.82) is 0 Å². The largest absolute Gasteiger partial charge is 0.381 e. The first-order valence-corrected chi connectivity index (χ1v) is 9.70. The summed E-state index contributed by atoms with van der Waals surface area (Å²) >= 11 is 0. The van der Waals surface area contributed by atoms with Gasteiger partial charge in [-0.25, -0.2) is 0 Å². The Kier molecular flexibility index (Phi) is 13.7. The molecule has 0 saturated heterocycles. The molecule has 5 heteroatoms. The second kappa shape index (κ2) is 13.8. The maximum atomic E-state index is 10.5. The quantitative estimate of drug-likeness (QED) is 0.364. The fraction of sp³-hybridized carbons (Fsp3) is 1.00. The van der Waals surface area contributed by atoms with Gasteiger partial charge in [-0.3, -0.25) is 4.55 Å². The average Bonchev–Trinajstić information content (AvgIpc) is 2.38. The van der Waals surface area contributed by atoms with Gasteiger partial charge in [0.05, 0.1) is 5.75 Å². The van der Waals surface area contributed by atoms with Gasteiger partial charge in [0.1, 0.15) is 0 Å². The van der Waals surface area contributed by atoms with Crippen molar-refractivity contribution >= 4 is 10.1 Å². The minimum absolute atomic E-state index is 0.0983. The predicted molar refractivity (Wildman–Crippen MR) is 83.7 cm³/mol. The van der Waals surface area contributed by atoms with Crippen LogP contribution in [0.2, 0.25) is 0 Å². The van der Waals surface area contributed by atoms with Crippen LogP contribution in [0.4, 0.5) is 0 Å². The van der Waals surface area contributed by atoms with Crippen molar-refractivity contribution in [3.05, 3.63) is 0 Å². The summed E-state index contributed by atoms with van der Waals surface area (Å²) in [4.78, 5) is 0. The van der Waals surface area contributed by atoms with Crippen LogP contribution >= 0.6 is 0 Å². The number of rotatable bonds is 15. The Hall–Kier alpha value is -0.130. The van der Waals surface area contributed by atoms with E-state index in [2.05, 4.69) is 6.92 Å². The summed E-state index contributed by atoms with van der Waals surface area (Å²) in [7, 11) is -3.76. The topological polar surface area (TPSA) is 63.6 Å². The Morgan fingerprint density at radius 2 is 1.20 bits per heavy atom. The normalized spacial score (nSPS) is 11.9. The van der Waals surface area contributed by atoms with E-state index in [4.69, 9.17) is 9.29 Å². The van der Waals surface area contributed by atoms with E-state index in [0.29, 0.717) is 6.42 Å². The van der Waals surface area contributed by atoms with Crippen LogP contribution < -0.4 is 0 Å². The summed E-state index contributed by atoms with van der Waals surface area (Å²) in [6.07, 6.45) is 12.2. The molecule has 0 saturated carbocycles. The molecule has 0 aromatic carbocycles. The van der Waals surface area contributed by atoms with Crippen LogP contribution in [0, 0.1) is 0 Å². The fourth-order valence-corrected chi connectivity index (χ4v) is 2.67. The van der Waals surface area contributed by atoms with Crippen molar-refractivity contribution in [1.82, 2.24) is 0 Å². The Bertz CT molecular complexity index is 288. The van der Waals surface area contributed by atoms with Gasteiger partial charge in [-0.2, -0.15) is 8.42 Å². The molecular formula is C15H32O4S. The van der Waals surface area contributed by atoms with Crippen LogP contribution in [-0.2, 0) is 14.9 Å². The zero-order valence-corrected chi connectivity index (χ0v) is 13.8. The standard InChI is InChI=1S/C15H32O4S/c1-2-3-4-10-13-19-14-11-8-6-5-7-9-12-15-20(16,17)18/h2-15H2,1H3,(H,16,17,18). The van der Waals surface area contributed by atoms with Crippen LogP contribution in [0.3, 0.4) is 0 Å². The van der Waals surface area contributed by atoms with Crippen molar-refractivity contribution in [2.75, 3.05) is 19.0 Å². The Balaban J connectivity index is 3.03. The van der Waals surface area contributed by atoms with Crippen LogP contribution in [-0.4, -0.2) is 31.9 Å². The lowest BCUT2D eigenvalue weighted by Gasteiger charge is -2.04. The summed E-state index contributed by atoms with van der Waals surface area (Å²) in [5, 5.41) is 0. The second-order valence-electron chi connectivity index (χ2n) is 5.43. The highest BCUT2D eigenvalue weighted by Gasteiger charge is 2.02. The van der Waals surface area contributed by atoms with Gasteiger partial charge in [-0.15, -0.1) is 0 Å². The molecule has 0 bridgehead atoms. The molecule has 0 aliphatic heterocycles. The van der Waals surface area contributed by atoms with Crippen LogP contribution in [0.5, 0.6) is 0 Å². The highest BCUT2D eigenvalue weighted by atomic mass is 32.2. The monoisotopic (exact) mass is 308 g/mol. The first-order valence-electron chi connectivity index (χ1n) is 8.09. The molecule has 0 aliphatic carbocycles. The maximum absolute atomic E-state index is 10.5. The molecular weight excluding hydrogens is 276 g/mol. The second-order valence-corrected chi connectivity index (χ2v) is 7.01. The fourth-order valence-electron chi connectivity index (χ4n) is 2.11. The van der Waals surface area contributed by atoms with Crippen LogP contribution in [0.25, 0.3) is 0 Å². The van der Waals surface area contributed by atoms with E-state index in [-0.39, 0.29) is 5.75 Å². The minimum atomic E-state index is -3.76. The molecule has 0 heterocycles. The summed E-state index contributed by atoms with van der Waals surface area (Å²) in [6.45, 7) is 3.98. The number of hydrogen-bond acceptors (Lipinski definition) is 3. The first kappa shape index (κ1) is 19.9. The van der Waals surface area contributed by atoms with Crippen LogP contribution in [0.1, 0.15) is 77.6 Å². The third-order valence-corrected chi connectivity index (χ3v) is 4.14. The molecule has 0 spiro atoms. The molecule has 0 amide bonds. The highest BCUT2D eigenvalue weighted by Crippen LogP contribution is 2.08. The van der Waals surface area contributed by atoms with E-state index in [9.17, 15) is 8.42 Å². The minimum Gasteiger partial charge on any atom is -0.381 e. The number of hydrogen-bond donors (Lipinski definition) is 1. The SMILES string of the molecule is CCCCCCOCCCCCCCCCS(=O)(=O)O.